The molecule has 0 bridgehead atoms. The molecule has 1 amide bonds. The quantitative estimate of drug-likeness (QED) is 0.844. The lowest BCUT2D eigenvalue weighted by Gasteiger charge is -2.39. The summed E-state index contributed by atoms with van der Waals surface area (Å²) >= 11 is 1.73. The largest absolute Gasteiger partial charge is 0.337 e. The second-order valence-electron chi connectivity index (χ2n) is 7.22. The fraction of sp³-hybridized carbons (Fsp3) is 0.556. The topological polar surface area (TPSA) is 62.2 Å². The van der Waals surface area contributed by atoms with Crippen molar-refractivity contribution in [1.29, 1.82) is 0 Å². The van der Waals surface area contributed by atoms with Gasteiger partial charge in [0.05, 0.1) is 18.4 Å². The molecule has 6 nitrogen and oxygen atoms in total. The van der Waals surface area contributed by atoms with E-state index in [4.69, 9.17) is 0 Å². The van der Waals surface area contributed by atoms with E-state index < -0.39 is 0 Å². The number of likely N-dealkylation sites (tertiary alicyclic amines) is 2. The van der Waals surface area contributed by atoms with E-state index in [0.717, 1.165) is 51.3 Å². The van der Waals surface area contributed by atoms with Crippen molar-refractivity contribution in [3.05, 3.63) is 40.4 Å². The average Bonchev–Trinajstić information content (AvgIpc) is 3.27. The van der Waals surface area contributed by atoms with Gasteiger partial charge in [-0.05, 0) is 38.1 Å². The van der Waals surface area contributed by atoms with Crippen LogP contribution in [0.5, 0.6) is 0 Å². The zero-order valence-corrected chi connectivity index (χ0v) is 15.3. The van der Waals surface area contributed by atoms with Gasteiger partial charge < -0.3 is 4.90 Å². The van der Waals surface area contributed by atoms with Crippen LogP contribution in [0.1, 0.15) is 40.5 Å². The first-order valence-electron chi connectivity index (χ1n) is 8.82. The van der Waals surface area contributed by atoms with Crippen LogP contribution in [0.3, 0.4) is 0 Å². The van der Waals surface area contributed by atoms with Crippen LogP contribution in [0.15, 0.2) is 24.0 Å². The third kappa shape index (κ3) is 3.57. The van der Waals surface area contributed by atoms with Gasteiger partial charge in [0.2, 0.25) is 0 Å². The molecule has 2 aliphatic rings. The van der Waals surface area contributed by atoms with Crippen LogP contribution in [0, 0.1) is 12.3 Å². The maximum absolute atomic E-state index is 12.6. The van der Waals surface area contributed by atoms with Crippen molar-refractivity contribution in [2.45, 2.75) is 32.7 Å². The number of nitrogens with zero attached hydrogens (tertiary/aromatic N) is 5. The molecule has 132 valence electrons. The van der Waals surface area contributed by atoms with Crippen molar-refractivity contribution in [2.24, 2.45) is 5.41 Å². The standard InChI is InChI=1S/C18H23N5OS/c1-14-10-21-15(11-20-14)17(24)23-7-3-18(4-8-23)2-6-22(13-18)12-16-19-5-9-25-16/h5,9-11H,2-4,6-8,12-13H2,1H3. The summed E-state index contributed by atoms with van der Waals surface area (Å²) in [5, 5.41) is 3.24. The van der Waals surface area contributed by atoms with Gasteiger partial charge in [-0.15, -0.1) is 11.3 Å². The number of piperidine rings is 1. The third-order valence-corrected chi connectivity index (χ3v) is 6.24. The van der Waals surface area contributed by atoms with Gasteiger partial charge in [-0.1, -0.05) is 0 Å². The lowest BCUT2D eigenvalue weighted by atomic mass is 9.77. The van der Waals surface area contributed by atoms with E-state index in [2.05, 4.69) is 19.9 Å². The summed E-state index contributed by atoms with van der Waals surface area (Å²) in [6, 6.07) is 0. The number of amides is 1. The molecule has 2 aromatic rings. The van der Waals surface area contributed by atoms with Crippen LogP contribution in [0.4, 0.5) is 0 Å². The van der Waals surface area contributed by atoms with Crippen molar-refractivity contribution in [3.63, 3.8) is 0 Å². The fourth-order valence-electron chi connectivity index (χ4n) is 3.94. The maximum Gasteiger partial charge on any atom is 0.274 e. The number of hydrogen-bond acceptors (Lipinski definition) is 6. The van der Waals surface area contributed by atoms with Gasteiger partial charge >= 0.3 is 0 Å². The molecule has 4 heterocycles. The molecule has 2 aromatic heterocycles. The molecule has 0 N–H and O–H groups in total. The van der Waals surface area contributed by atoms with Gasteiger partial charge in [-0.3, -0.25) is 14.7 Å². The Balaban J connectivity index is 1.33. The van der Waals surface area contributed by atoms with Crippen LogP contribution in [0.25, 0.3) is 0 Å². The molecule has 7 heteroatoms. The first-order chi connectivity index (χ1) is 12.1. The lowest BCUT2D eigenvalue weighted by molar-refractivity contribution is 0.0582. The Labute approximate surface area is 151 Å². The summed E-state index contributed by atoms with van der Waals surface area (Å²) < 4.78 is 0. The molecule has 0 unspecified atom stereocenters. The van der Waals surface area contributed by atoms with Gasteiger partial charge in [0, 0.05) is 37.4 Å². The molecule has 1 spiro atoms. The van der Waals surface area contributed by atoms with Crippen LogP contribution in [-0.4, -0.2) is 56.8 Å². The van der Waals surface area contributed by atoms with Crippen molar-refractivity contribution in [1.82, 2.24) is 24.8 Å². The van der Waals surface area contributed by atoms with Gasteiger partial charge in [0.15, 0.2) is 0 Å². The van der Waals surface area contributed by atoms with E-state index in [-0.39, 0.29) is 5.91 Å². The summed E-state index contributed by atoms with van der Waals surface area (Å²) in [4.78, 5) is 29.9. The number of hydrogen-bond donors (Lipinski definition) is 0. The molecule has 0 aliphatic carbocycles. The Bertz CT molecular complexity index is 722. The number of rotatable bonds is 3. The van der Waals surface area contributed by atoms with Gasteiger partial charge in [-0.25, -0.2) is 9.97 Å². The summed E-state index contributed by atoms with van der Waals surface area (Å²) in [6.45, 7) is 6.74. The molecule has 0 atom stereocenters. The summed E-state index contributed by atoms with van der Waals surface area (Å²) in [5.41, 5.74) is 1.66. The highest BCUT2D eigenvalue weighted by atomic mass is 32.1. The number of aryl methyl sites for hydroxylation is 1. The van der Waals surface area contributed by atoms with E-state index in [1.54, 1.807) is 23.7 Å². The first kappa shape index (κ1) is 16.6. The minimum absolute atomic E-state index is 0.0139. The van der Waals surface area contributed by atoms with Crippen molar-refractivity contribution < 1.29 is 4.79 Å². The second-order valence-corrected chi connectivity index (χ2v) is 8.20. The van der Waals surface area contributed by atoms with E-state index in [0.29, 0.717) is 11.1 Å². The zero-order chi connectivity index (χ0) is 17.3. The molecule has 2 fully saturated rings. The molecule has 2 saturated heterocycles. The van der Waals surface area contributed by atoms with E-state index in [1.807, 2.05) is 23.4 Å². The number of aromatic nitrogens is 3. The summed E-state index contributed by atoms with van der Waals surface area (Å²) in [6.07, 6.45) is 8.51. The highest BCUT2D eigenvalue weighted by Crippen LogP contribution is 2.41. The Hall–Kier alpha value is -1.86. The fourth-order valence-corrected chi connectivity index (χ4v) is 4.60. The van der Waals surface area contributed by atoms with Gasteiger partial charge in [-0.2, -0.15) is 0 Å². The molecular weight excluding hydrogens is 334 g/mol. The molecule has 25 heavy (non-hydrogen) atoms. The van der Waals surface area contributed by atoms with Crippen LogP contribution in [0.2, 0.25) is 0 Å². The smallest absolute Gasteiger partial charge is 0.274 e. The summed E-state index contributed by atoms with van der Waals surface area (Å²) in [5.74, 6) is 0.0139. The SMILES string of the molecule is Cc1cnc(C(=O)N2CCC3(CCN(Cc4nccs4)C3)CC2)cn1. The minimum atomic E-state index is 0.0139. The van der Waals surface area contributed by atoms with Crippen molar-refractivity contribution in [3.8, 4) is 0 Å². The average molecular weight is 357 g/mol. The first-order valence-corrected chi connectivity index (χ1v) is 9.70. The predicted molar refractivity (Wildman–Crippen MR) is 96.3 cm³/mol. The van der Waals surface area contributed by atoms with Crippen LogP contribution < -0.4 is 0 Å². The second kappa shape index (κ2) is 6.80. The number of carbonyl (C=O) groups excluding carboxylic acids is 1. The molecule has 0 aromatic carbocycles. The third-order valence-electron chi connectivity index (χ3n) is 5.47. The van der Waals surface area contributed by atoms with Crippen molar-refractivity contribution >= 4 is 17.2 Å². The number of carbonyl (C=O) groups is 1. The van der Waals surface area contributed by atoms with E-state index in [9.17, 15) is 4.79 Å². The van der Waals surface area contributed by atoms with Crippen LogP contribution in [-0.2, 0) is 6.54 Å². The molecule has 0 radical (unpaired) electrons. The van der Waals surface area contributed by atoms with Crippen LogP contribution >= 0.6 is 11.3 Å². The highest BCUT2D eigenvalue weighted by molar-refractivity contribution is 7.09. The minimum Gasteiger partial charge on any atom is -0.337 e. The Morgan fingerprint density at radius 3 is 2.64 bits per heavy atom. The molecular formula is C18H23N5OS. The lowest BCUT2D eigenvalue weighted by Crippen LogP contribution is -2.44. The maximum atomic E-state index is 12.6. The Morgan fingerprint density at radius 2 is 1.96 bits per heavy atom. The molecule has 2 aliphatic heterocycles. The normalized spacial score (nSPS) is 20.3. The Morgan fingerprint density at radius 1 is 1.16 bits per heavy atom. The molecule has 0 saturated carbocycles. The van der Waals surface area contributed by atoms with E-state index in [1.165, 1.54) is 11.4 Å². The van der Waals surface area contributed by atoms with Gasteiger partial charge in [0.1, 0.15) is 10.7 Å². The summed E-state index contributed by atoms with van der Waals surface area (Å²) in [7, 11) is 0. The van der Waals surface area contributed by atoms with Crippen molar-refractivity contribution in [2.75, 3.05) is 26.2 Å². The zero-order valence-electron chi connectivity index (χ0n) is 14.5. The van der Waals surface area contributed by atoms with Gasteiger partial charge in [0.25, 0.3) is 5.91 Å². The number of thiazole rings is 1. The monoisotopic (exact) mass is 357 g/mol. The Kier molecular flexibility index (Phi) is 4.52. The predicted octanol–water partition coefficient (Wildman–Crippen LogP) is 2.37. The molecule has 4 rings (SSSR count). The highest BCUT2D eigenvalue weighted by Gasteiger charge is 2.41. The van der Waals surface area contributed by atoms with E-state index >= 15 is 0 Å².